The minimum absolute atomic E-state index is 0.239. The Morgan fingerprint density at radius 2 is 2.11 bits per heavy atom. The average molecular weight is 266 g/mol. The molecule has 0 amide bonds. The summed E-state index contributed by atoms with van der Waals surface area (Å²) in [5.41, 5.74) is 7.25. The molecule has 3 unspecified atom stereocenters. The van der Waals surface area contributed by atoms with Crippen LogP contribution in [0.3, 0.4) is 0 Å². The van der Waals surface area contributed by atoms with E-state index in [1.54, 1.807) is 0 Å². The number of aromatic nitrogens is 2. The molecular weight excluding hydrogens is 240 g/mol. The largest absolute Gasteiger partial charge is 0.373 e. The van der Waals surface area contributed by atoms with Crippen molar-refractivity contribution in [3.63, 3.8) is 0 Å². The lowest BCUT2D eigenvalue weighted by atomic mass is 10.1. The molecule has 1 fully saturated rings. The predicted molar refractivity (Wildman–Crippen MR) is 75.9 cm³/mol. The first kappa shape index (κ1) is 14.5. The van der Waals surface area contributed by atoms with Gasteiger partial charge in [0.15, 0.2) is 0 Å². The van der Waals surface area contributed by atoms with Crippen LogP contribution in [0, 0.1) is 0 Å². The second-order valence-corrected chi connectivity index (χ2v) is 5.47. The van der Waals surface area contributed by atoms with E-state index in [-0.39, 0.29) is 18.2 Å². The van der Waals surface area contributed by atoms with E-state index in [1.165, 1.54) is 5.69 Å². The van der Waals surface area contributed by atoms with E-state index in [0.29, 0.717) is 6.54 Å². The Hall–Kier alpha value is -0.910. The van der Waals surface area contributed by atoms with Gasteiger partial charge in [-0.15, -0.1) is 0 Å². The maximum atomic E-state index is 6.03. The number of imidazole rings is 1. The number of hydrogen-bond donors (Lipinski definition) is 1. The number of aryl methyl sites for hydroxylation is 1. The van der Waals surface area contributed by atoms with Crippen LogP contribution in [0.5, 0.6) is 0 Å². The molecule has 2 heterocycles. The highest BCUT2D eigenvalue weighted by molar-refractivity contribution is 5.07. The van der Waals surface area contributed by atoms with Crippen LogP contribution < -0.4 is 5.73 Å². The molecule has 1 aliphatic rings. The summed E-state index contributed by atoms with van der Waals surface area (Å²) in [6, 6.07) is 0.239. The Morgan fingerprint density at radius 1 is 1.42 bits per heavy atom. The van der Waals surface area contributed by atoms with Gasteiger partial charge in [0.1, 0.15) is 0 Å². The maximum absolute atomic E-state index is 6.03. The van der Waals surface area contributed by atoms with Crippen molar-refractivity contribution in [1.82, 2.24) is 14.5 Å². The van der Waals surface area contributed by atoms with E-state index in [2.05, 4.69) is 35.2 Å². The number of morpholine rings is 1. The average Bonchev–Trinajstić information content (AvgIpc) is 2.78. The smallest absolute Gasteiger partial charge is 0.0948 e. The lowest BCUT2D eigenvalue weighted by Gasteiger charge is -2.40. The number of nitrogens with two attached hydrogens (primary N) is 1. The Labute approximate surface area is 115 Å². The van der Waals surface area contributed by atoms with E-state index in [4.69, 9.17) is 10.5 Å². The Morgan fingerprint density at radius 3 is 2.68 bits per heavy atom. The van der Waals surface area contributed by atoms with E-state index in [0.717, 1.165) is 26.1 Å². The molecule has 1 aliphatic heterocycles. The van der Waals surface area contributed by atoms with Crippen molar-refractivity contribution in [3.05, 3.63) is 18.2 Å². The fourth-order valence-corrected chi connectivity index (χ4v) is 2.97. The van der Waals surface area contributed by atoms with Gasteiger partial charge in [0.2, 0.25) is 0 Å². The first-order valence-corrected chi connectivity index (χ1v) is 7.25. The molecular formula is C14H26N4O. The molecule has 5 heteroatoms. The summed E-state index contributed by atoms with van der Waals surface area (Å²) in [6.45, 7) is 9.92. The number of ether oxygens (including phenoxy) is 1. The normalized spacial score (nSPS) is 26.5. The van der Waals surface area contributed by atoms with Crippen LogP contribution in [0.4, 0.5) is 0 Å². The lowest BCUT2D eigenvalue weighted by Crippen LogP contribution is -2.49. The van der Waals surface area contributed by atoms with Gasteiger partial charge in [-0.3, -0.25) is 4.90 Å². The van der Waals surface area contributed by atoms with Gasteiger partial charge in [-0.05, 0) is 20.3 Å². The van der Waals surface area contributed by atoms with Crippen LogP contribution in [0.1, 0.15) is 38.9 Å². The van der Waals surface area contributed by atoms with E-state index in [1.807, 2.05) is 12.5 Å². The zero-order chi connectivity index (χ0) is 13.8. The maximum Gasteiger partial charge on any atom is 0.0948 e. The highest BCUT2D eigenvalue weighted by Gasteiger charge is 2.29. The molecule has 0 aromatic carbocycles. The van der Waals surface area contributed by atoms with Gasteiger partial charge in [-0.2, -0.15) is 0 Å². The molecule has 19 heavy (non-hydrogen) atoms. The number of hydrogen-bond acceptors (Lipinski definition) is 4. The molecule has 5 nitrogen and oxygen atoms in total. The minimum Gasteiger partial charge on any atom is -0.373 e. The van der Waals surface area contributed by atoms with Crippen molar-refractivity contribution >= 4 is 0 Å². The third-order valence-corrected chi connectivity index (χ3v) is 3.66. The van der Waals surface area contributed by atoms with Crippen molar-refractivity contribution in [3.8, 4) is 0 Å². The molecule has 108 valence electrons. The van der Waals surface area contributed by atoms with Crippen LogP contribution in [-0.4, -0.2) is 46.3 Å². The molecule has 0 spiro atoms. The van der Waals surface area contributed by atoms with E-state index in [9.17, 15) is 0 Å². The summed E-state index contributed by atoms with van der Waals surface area (Å²) in [5.74, 6) is 0. The third kappa shape index (κ3) is 3.35. The van der Waals surface area contributed by atoms with Gasteiger partial charge in [-0.25, -0.2) is 4.98 Å². The van der Waals surface area contributed by atoms with Crippen molar-refractivity contribution in [2.24, 2.45) is 5.73 Å². The minimum atomic E-state index is 0.239. The first-order chi connectivity index (χ1) is 9.15. The second kappa shape index (κ2) is 6.50. The quantitative estimate of drug-likeness (QED) is 0.875. The van der Waals surface area contributed by atoms with E-state index < -0.39 is 0 Å². The summed E-state index contributed by atoms with van der Waals surface area (Å²) in [7, 11) is 0. The highest BCUT2D eigenvalue weighted by atomic mass is 16.5. The van der Waals surface area contributed by atoms with Crippen LogP contribution in [0.15, 0.2) is 12.5 Å². The molecule has 3 atom stereocenters. The Kier molecular flexibility index (Phi) is 4.96. The van der Waals surface area contributed by atoms with Crippen LogP contribution >= 0.6 is 0 Å². The summed E-state index contributed by atoms with van der Waals surface area (Å²) in [4.78, 5) is 6.72. The van der Waals surface area contributed by atoms with Crippen LogP contribution in [0.25, 0.3) is 0 Å². The molecule has 2 rings (SSSR count). The fraction of sp³-hybridized carbons (Fsp3) is 0.786. The molecule has 0 radical (unpaired) electrons. The summed E-state index contributed by atoms with van der Waals surface area (Å²) < 4.78 is 8.03. The van der Waals surface area contributed by atoms with Crippen molar-refractivity contribution in [2.75, 3.05) is 19.6 Å². The topological polar surface area (TPSA) is 56.3 Å². The van der Waals surface area contributed by atoms with Crippen LogP contribution in [0.2, 0.25) is 0 Å². The molecule has 1 aromatic rings. The van der Waals surface area contributed by atoms with Crippen molar-refractivity contribution < 1.29 is 4.74 Å². The van der Waals surface area contributed by atoms with Gasteiger partial charge >= 0.3 is 0 Å². The Bertz CT molecular complexity index is 383. The standard InChI is InChI=1S/C14H26N4O/c1-4-5-17-10-16-7-14(17)13(6-15)18-8-11(2)19-12(3)9-18/h7,10-13H,4-6,8-9,15H2,1-3H3. The van der Waals surface area contributed by atoms with Gasteiger partial charge in [0.05, 0.1) is 30.3 Å². The Balaban J connectivity index is 2.16. The van der Waals surface area contributed by atoms with Gasteiger partial charge in [-0.1, -0.05) is 6.92 Å². The first-order valence-electron chi connectivity index (χ1n) is 7.25. The molecule has 1 saturated heterocycles. The zero-order valence-electron chi connectivity index (χ0n) is 12.2. The molecule has 2 N–H and O–H groups in total. The van der Waals surface area contributed by atoms with Gasteiger partial charge < -0.3 is 15.0 Å². The third-order valence-electron chi connectivity index (χ3n) is 3.66. The molecule has 0 saturated carbocycles. The van der Waals surface area contributed by atoms with Gasteiger partial charge in [0, 0.05) is 32.4 Å². The SMILES string of the molecule is CCCn1cncc1C(CN)N1CC(C)OC(C)C1. The summed E-state index contributed by atoms with van der Waals surface area (Å²) >= 11 is 0. The molecule has 0 bridgehead atoms. The monoisotopic (exact) mass is 266 g/mol. The second-order valence-electron chi connectivity index (χ2n) is 5.47. The highest BCUT2D eigenvalue weighted by Crippen LogP contribution is 2.24. The van der Waals surface area contributed by atoms with E-state index >= 15 is 0 Å². The lowest BCUT2D eigenvalue weighted by molar-refractivity contribution is -0.0806. The van der Waals surface area contributed by atoms with Gasteiger partial charge in [0.25, 0.3) is 0 Å². The zero-order valence-corrected chi connectivity index (χ0v) is 12.2. The molecule has 1 aromatic heterocycles. The summed E-state index contributed by atoms with van der Waals surface area (Å²) in [6.07, 6.45) is 5.50. The van der Waals surface area contributed by atoms with Crippen LogP contribution in [-0.2, 0) is 11.3 Å². The summed E-state index contributed by atoms with van der Waals surface area (Å²) in [5, 5.41) is 0. The molecule has 0 aliphatic carbocycles. The number of rotatable bonds is 5. The van der Waals surface area contributed by atoms with Crippen molar-refractivity contribution in [1.29, 1.82) is 0 Å². The van der Waals surface area contributed by atoms with Crippen molar-refractivity contribution in [2.45, 2.75) is 52.0 Å². The fourth-order valence-electron chi connectivity index (χ4n) is 2.97. The number of nitrogens with zero attached hydrogens (tertiary/aromatic N) is 3. The predicted octanol–water partition coefficient (Wildman–Crippen LogP) is 1.40.